The van der Waals surface area contributed by atoms with Gasteiger partial charge >= 0.3 is 0 Å². The van der Waals surface area contributed by atoms with Crippen LogP contribution in [0.3, 0.4) is 0 Å². The smallest absolute Gasteiger partial charge is 0.166 e. The Kier molecular flexibility index (Phi) is 4.92. The molecule has 0 radical (unpaired) electrons. The Morgan fingerprint density at radius 3 is 2.65 bits per heavy atom. The standard InChI is InChI=1S/C17H22N2O/c1-13-4-5-16(14(2)12-13)17(20)15-6-10-19(11-7-15)9-3-8-18/h4-5,12,15H,3,6-7,9-11H2,1-2H3. The second-order valence-corrected chi connectivity index (χ2v) is 5.71. The first-order chi connectivity index (χ1) is 9.61. The van der Waals surface area contributed by atoms with Crippen molar-refractivity contribution in [3.8, 4) is 6.07 Å². The molecule has 3 nitrogen and oxygen atoms in total. The number of nitrogens with zero attached hydrogens (tertiary/aromatic N) is 2. The van der Waals surface area contributed by atoms with E-state index in [1.165, 1.54) is 5.56 Å². The topological polar surface area (TPSA) is 44.1 Å². The molecule has 1 saturated heterocycles. The van der Waals surface area contributed by atoms with Gasteiger partial charge in [-0.1, -0.05) is 23.8 Å². The Labute approximate surface area is 121 Å². The molecule has 2 rings (SSSR count). The monoisotopic (exact) mass is 270 g/mol. The molecule has 0 amide bonds. The van der Waals surface area contributed by atoms with Crippen LogP contribution in [-0.2, 0) is 0 Å². The molecule has 0 spiro atoms. The van der Waals surface area contributed by atoms with Crippen LogP contribution >= 0.6 is 0 Å². The van der Waals surface area contributed by atoms with Crippen LogP contribution in [0, 0.1) is 31.1 Å². The van der Waals surface area contributed by atoms with E-state index in [4.69, 9.17) is 5.26 Å². The van der Waals surface area contributed by atoms with E-state index in [-0.39, 0.29) is 5.92 Å². The SMILES string of the molecule is Cc1ccc(C(=O)C2CCN(CCC#N)CC2)c(C)c1. The predicted molar refractivity (Wildman–Crippen MR) is 79.6 cm³/mol. The van der Waals surface area contributed by atoms with Crippen LogP contribution in [0.25, 0.3) is 0 Å². The number of aryl methyl sites for hydroxylation is 2. The van der Waals surface area contributed by atoms with E-state index in [1.807, 2.05) is 19.1 Å². The summed E-state index contributed by atoms with van der Waals surface area (Å²) in [7, 11) is 0. The van der Waals surface area contributed by atoms with Gasteiger partial charge in [0.2, 0.25) is 0 Å². The summed E-state index contributed by atoms with van der Waals surface area (Å²) in [4.78, 5) is 14.9. The number of nitriles is 1. The number of benzene rings is 1. The highest BCUT2D eigenvalue weighted by Gasteiger charge is 2.26. The Morgan fingerprint density at radius 1 is 1.35 bits per heavy atom. The van der Waals surface area contributed by atoms with Gasteiger partial charge in [-0.3, -0.25) is 4.79 Å². The molecular formula is C17H22N2O. The lowest BCUT2D eigenvalue weighted by atomic mass is 9.87. The fourth-order valence-electron chi connectivity index (χ4n) is 2.94. The van der Waals surface area contributed by atoms with Gasteiger partial charge in [0, 0.05) is 24.4 Å². The van der Waals surface area contributed by atoms with Gasteiger partial charge < -0.3 is 4.90 Å². The van der Waals surface area contributed by atoms with Crippen molar-refractivity contribution in [3.63, 3.8) is 0 Å². The maximum absolute atomic E-state index is 12.6. The van der Waals surface area contributed by atoms with Crippen molar-refractivity contribution in [2.24, 2.45) is 5.92 Å². The molecular weight excluding hydrogens is 248 g/mol. The van der Waals surface area contributed by atoms with Crippen molar-refractivity contribution in [1.82, 2.24) is 4.90 Å². The zero-order valence-electron chi connectivity index (χ0n) is 12.4. The van der Waals surface area contributed by atoms with E-state index < -0.39 is 0 Å². The number of piperidine rings is 1. The number of rotatable bonds is 4. The van der Waals surface area contributed by atoms with Gasteiger partial charge in [0.15, 0.2) is 5.78 Å². The molecule has 1 aromatic rings. The van der Waals surface area contributed by atoms with Crippen LogP contribution in [0.1, 0.15) is 40.7 Å². The summed E-state index contributed by atoms with van der Waals surface area (Å²) in [6, 6.07) is 8.24. The highest BCUT2D eigenvalue weighted by molar-refractivity contribution is 5.99. The molecule has 0 N–H and O–H groups in total. The number of likely N-dealkylation sites (tertiary alicyclic amines) is 1. The van der Waals surface area contributed by atoms with E-state index >= 15 is 0 Å². The molecule has 0 bridgehead atoms. The predicted octanol–water partition coefficient (Wildman–Crippen LogP) is 3.11. The largest absolute Gasteiger partial charge is 0.302 e. The van der Waals surface area contributed by atoms with Crippen LogP contribution in [0.2, 0.25) is 0 Å². The lowest BCUT2D eigenvalue weighted by Crippen LogP contribution is -2.37. The fraction of sp³-hybridized carbons (Fsp3) is 0.529. The number of hydrogen-bond donors (Lipinski definition) is 0. The van der Waals surface area contributed by atoms with Crippen LogP contribution in [0.5, 0.6) is 0 Å². The number of hydrogen-bond acceptors (Lipinski definition) is 3. The molecule has 1 heterocycles. The van der Waals surface area contributed by atoms with Crippen LogP contribution in [0.4, 0.5) is 0 Å². The van der Waals surface area contributed by atoms with Crippen molar-refractivity contribution in [1.29, 1.82) is 5.26 Å². The average molecular weight is 270 g/mol. The molecule has 1 aliphatic heterocycles. The van der Waals surface area contributed by atoms with E-state index in [9.17, 15) is 4.79 Å². The zero-order chi connectivity index (χ0) is 14.5. The summed E-state index contributed by atoms with van der Waals surface area (Å²) in [6.07, 6.45) is 2.41. The summed E-state index contributed by atoms with van der Waals surface area (Å²) in [5, 5.41) is 8.61. The van der Waals surface area contributed by atoms with Crippen molar-refractivity contribution in [2.75, 3.05) is 19.6 Å². The van der Waals surface area contributed by atoms with Crippen molar-refractivity contribution in [3.05, 3.63) is 34.9 Å². The van der Waals surface area contributed by atoms with E-state index in [2.05, 4.69) is 24.0 Å². The summed E-state index contributed by atoms with van der Waals surface area (Å²) in [6.45, 7) is 6.77. The van der Waals surface area contributed by atoms with Gasteiger partial charge in [-0.2, -0.15) is 5.26 Å². The zero-order valence-corrected chi connectivity index (χ0v) is 12.4. The lowest BCUT2D eigenvalue weighted by molar-refractivity contribution is 0.0841. The number of Topliss-reactive ketones (excluding diaryl/α,β-unsaturated/α-hetero) is 1. The van der Waals surface area contributed by atoms with Crippen molar-refractivity contribution < 1.29 is 4.79 Å². The molecule has 1 aromatic carbocycles. The van der Waals surface area contributed by atoms with Gasteiger partial charge in [-0.25, -0.2) is 0 Å². The van der Waals surface area contributed by atoms with E-state index in [0.29, 0.717) is 12.2 Å². The van der Waals surface area contributed by atoms with Crippen molar-refractivity contribution >= 4 is 5.78 Å². The molecule has 3 heteroatoms. The average Bonchev–Trinajstić information content (AvgIpc) is 2.45. The molecule has 1 aliphatic rings. The second-order valence-electron chi connectivity index (χ2n) is 5.71. The molecule has 0 aromatic heterocycles. The maximum atomic E-state index is 12.6. The number of ketones is 1. The molecule has 1 fully saturated rings. The molecule has 0 aliphatic carbocycles. The molecule has 106 valence electrons. The number of carbonyl (C=O) groups excluding carboxylic acids is 1. The summed E-state index contributed by atoms with van der Waals surface area (Å²) >= 11 is 0. The van der Waals surface area contributed by atoms with Crippen LogP contribution < -0.4 is 0 Å². The van der Waals surface area contributed by atoms with Crippen molar-refractivity contribution in [2.45, 2.75) is 33.1 Å². The van der Waals surface area contributed by atoms with Gasteiger partial charge in [0.05, 0.1) is 6.07 Å². The second kappa shape index (κ2) is 6.67. The lowest BCUT2D eigenvalue weighted by Gasteiger charge is -2.30. The highest BCUT2D eigenvalue weighted by atomic mass is 16.1. The Bertz CT molecular complexity index is 522. The van der Waals surface area contributed by atoms with Gasteiger partial charge in [0.25, 0.3) is 0 Å². The first-order valence-corrected chi connectivity index (χ1v) is 7.32. The quantitative estimate of drug-likeness (QED) is 0.790. The van der Waals surface area contributed by atoms with Crippen LogP contribution in [-0.4, -0.2) is 30.3 Å². The summed E-state index contributed by atoms with van der Waals surface area (Å²) in [5.74, 6) is 0.442. The normalized spacial score (nSPS) is 16.9. The first kappa shape index (κ1) is 14.7. The highest BCUT2D eigenvalue weighted by Crippen LogP contribution is 2.23. The molecule has 0 saturated carbocycles. The molecule has 20 heavy (non-hydrogen) atoms. The van der Waals surface area contributed by atoms with E-state index in [1.54, 1.807) is 0 Å². The van der Waals surface area contributed by atoms with Gasteiger partial charge in [0.1, 0.15) is 0 Å². The van der Waals surface area contributed by atoms with Crippen LogP contribution in [0.15, 0.2) is 18.2 Å². The third kappa shape index (κ3) is 3.46. The minimum Gasteiger partial charge on any atom is -0.302 e. The third-order valence-corrected chi connectivity index (χ3v) is 4.15. The Morgan fingerprint density at radius 2 is 2.05 bits per heavy atom. The van der Waals surface area contributed by atoms with E-state index in [0.717, 1.165) is 43.6 Å². The summed E-state index contributed by atoms with van der Waals surface area (Å²) < 4.78 is 0. The molecule has 0 unspecified atom stereocenters. The Hall–Kier alpha value is -1.66. The summed E-state index contributed by atoms with van der Waals surface area (Å²) in [5.41, 5.74) is 3.17. The number of carbonyl (C=O) groups is 1. The molecule has 0 atom stereocenters. The third-order valence-electron chi connectivity index (χ3n) is 4.15. The fourth-order valence-corrected chi connectivity index (χ4v) is 2.94. The minimum atomic E-state index is 0.148. The Balaban J connectivity index is 1.96. The minimum absolute atomic E-state index is 0.148. The first-order valence-electron chi connectivity index (χ1n) is 7.32. The maximum Gasteiger partial charge on any atom is 0.166 e. The van der Waals surface area contributed by atoms with Gasteiger partial charge in [-0.05, 0) is 45.3 Å². The van der Waals surface area contributed by atoms with Gasteiger partial charge in [-0.15, -0.1) is 0 Å².